The van der Waals surface area contributed by atoms with E-state index in [2.05, 4.69) is 16.0 Å². The van der Waals surface area contributed by atoms with Crippen molar-refractivity contribution in [3.63, 3.8) is 0 Å². The summed E-state index contributed by atoms with van der Waals surface area (Å²) in [6, 6.07) is 7.54. The third kappa shape index (κ3) is 3.91. The summed E-state index contributed by atoms with van der Waals surface area (Å²) >= 11 is 1.27. The Morgan fingerprint density at radius 2 is 1.82 bits per heavy atom. The van der Waals surface area contributed by atoms with Gasteiger partial charge in [0.25, 0.3) is 11.8 Å². The van der Waals surface area contributed by atoms with E-state index in [0.29, 0.717) is 16.3 Å². The number of anilines is 1. The molecule has 0 radical (unpaired) electrons. The largest absolute Gasteiger partial charge is 0.416 e. The van der Waals surface area contributed by atoms with Gasteiger partial charge in [-0.15, -0.1) is 11.3 Å². The lowest BCUT2D eigenvalue weighted by molar-refractivity contribution is -0.137. The molecule has 28 heavy (non-hydrogen) atoms. The Kier molecular flexibility index (Phi) is 5.23. The van der Waals surface area contributed by atoms with Crippen LogP contribution in [0.25, 0.3) is 0 Å². The Labute approximate surface area is 162 Å². The molecule has 0 fully saturated rings. The van der Waals surface area contributed by atoms with Gasteiger partial charge >= 0.3 is 6.18 Å². The van der Waals surface area contributed by atoms with E-state index in [1.807, 2.05) is 0 Å². The third-order valence-electron chi connectivity index (χ3n) is 3.94. The lowest BCUT2D eigenvalue weighted by atomic mass is 10.1. The molecule has 1 aromatic heterocycles. The molecule has 1 aliphatic heterocycles. The van der Waals surface area contributed by atoms with E-state index in [-0.39, 0.29) is 17.2 Å². The third-order valence-corrected chi connectivity index (χ3v) is 4.81. The molecule has 0 saturated heterocycles. The smallest absolute Gasteiger partial charge is 0.302 e. The maximum absolute atomic E-state index is 12.7. The predicted octanol–water partition coefficient (Wildman–Crippen LogP) is 3.70. The number of hydrazone groups is 1. The van der Waals surface area contributed by atoms with E-state index in [1.54, 1.807) is 31.4 Å². The highest BCUT2D eigenvalue weighted by Crippen LogP contribution is 2.32. The number of hydrogen-bond donors (Lipinski definition) is 2. The highest BCUT2D eigenvalue weighted by Gasteiger charge is 2.33. The number of benzene rings is 1. The maximum Gasteiger partial charge on any atom is 0.416 e. The number of rotatable bonds is 4. The van der Waals surface area contributed by atoms with Crippen LogP contribution in [0.1, 0.15) is 29.1 Å². The molecule has 0 aliphatic carbocycles. The van der Waals surface area contributed by atoms with E-state index >= 15 is 0 Å². The van der Waals surface area contributed by atoms with E-state index in [0.717, 1.165) is 17.1 Å². The van der Waals surface area contributed by atoms with E-state index in [9.17, 15) is 22.8 Å². The minimum Gasteiger partial charge on any atom is -0.302 e. The Bertz CT molecular complexity index is 964. The Hall–Kier alpha value is -3.14. The van der Waals surface area contributed by atoms with Gasteiger partial charge in [-0.2, -0.15) is 23.3 Å². The van der Waals surface area contributed by atoms with Crippen LogP contribution in [0.3, 0.4) is 0 Å². The first-order valence-corrected chi connectivity index (χ1v) is 8.94. The van der Waals surface area contributed by atoms with Crippen LogP contribution in [0, 0.1) is 0 Å². The number of halogens is 3. The normalized spacial score (nSPS) is 16.1. The number of carbonyl (C=O) groups excluding carboxylic acids is 2. The summed E-state index contributed by atoms with van der Waals surface area (Å²) in [6.07, 6.45) is -4.46. The molecule has 2 aromatic rings. The van der Waals surface area contributed by atoms with Crippen molar-refractivity contribution >= 4 is 34.6 Å². The SMILES string of the molecule is CC1=NN(c2ccc(C(F)(F)F)cc2)C(=O)/C1=C(/C)NNC(=O)c1cccs1. The number of carbonyl (C=O) groups is 2. The van der Waals surface area contributed by atoms with Gasteiger partial charge in [0.1, 0.15) is 0 Å². The number of thiophene rings is 1. The molecular weight excluding hydrogens is 393 g/mol. The van der Waals surface area contributed by atoms with Crippen molar-refractivity contribution < 1.29 is 22.8 Å². The molecule has 0 saturated carbocycles. The summed E-state index contributed by atoms with van der Waals surface area (Å²) in [4.78, 5) is 25.2. The second-order valence-corrected chi connectivity index (χ2v) is 6.85. The Morgan fingerprint density at radius 3 is 2.39 bits per heavy atom. The monoisotopic (exact) mass is 408 g/mol. The summed E-state index contributed by atoms with van der Waals surface area (Å²) < 4.78 is 38.1. The molecule has 0 spiro atoms. The number of hydrazine groups is 1. The molecule has 3 rings (SSSR count). The first-order valence-electron chi connectivity index (χ1n) is 8.06. The van der Waals surface area contributed by atoms with Gasteiger partial charge in [0.2, 0.25) is 0 Å². The first-order chi connectivity index (χ1) is 13.2. The highest BCUT2D eigenvalue weighted by atomic mass is 32.1. The van der Waals surface area contributed by atoms with Gasteiger partial charge in [-0.25, -0.2) is 0 Å². The molecule has 1 aliphatic rings. The second-order valence-electron chi connectivity index (χ2n) is 5.90. The van der Waals surface area contributed by atoms with Crippen molar-refractivity contribution in [2.24, 2.45) is 5.10 Å². The molecule has 146 valence electrons. The minimum absolute atomic E-state index is 0.211. The van der Waals surface area contributed by atoms with Gasteiger partial charge in [0.15, 0.2) is 0 Å². The molecule has 2 N–H and O–H groups in total. The lowest BCUT2D eigenvalue weighted by Gasteiger charge is -2.14. The maximum atomic E-state index is 12.7. The van der Waals surface area contributed by atoms with E-state index in [1.165, 1.54) is 23.5 Å². The van der Waals surface area contributed by atoms with E-state index in [4.69, 9.17) is 0 Å². The van der Waals surface area contributed by atoms with Gasteiger partial charge in [0, 0.05) is 5.70 Å². The van der Waals surface area contributed by atoms with Gasteiger partial charge < -0.3 is 5.43 Å². The van der Waals surface area contributed by atoms with Crippen LogP contribution < -0.4 is 15.9 Å². The van der Waals surface area contributed by atoms with Gasteiger partial charge in [-0.1, -0.05) is 6.07 Å². The van der Waals surface area contributed by atoms with Crippen LogP contribution >= 0.6 is 11.3 Å². The predicted molar refractivity (Wildman–Crippen MR) is 99.7 cm³/mol. The Morgan fingerprint density at radius 1 is 1.14 bits per heavy atom. The number of alkyl halides is 3. The van der Waals surface area contributed by atoms with Crippen molar-refractivity contribution in [3.05, 3.63) is 63.5 Å². The zero-order chi connectivity index (χ0) is 20.5. The van der Waals surface area contributed by atoms with Crippen LogP contribution in [0.15, 0.2) is 58.1 Å². The second kappa shape index (κ2) is 7.47. The fourth-order valence-corrected chi connectivity index (χ4v) is 3.21. The van der Waals surface area contributed by atoms with E-state index < -0.39 is 17.6 Å². The summed E-state index contributed by atoms with van der Waals surface area (Å²) in [5.74, 6) is -0.859. The number of nitrogens with one attached hydrogen (secondary N) is 2. The molecule has 0 atom stereocenters. The van der Waals surface area contributed by atoms with Crippen LogP contribution in [0.5, 0.6) is 0 Å². The molecular formula is C18H15F3N4O2S. The van der Waals surface area contributed by atoms with Gasteiger partial charge in [0.05, 0.1) is 27.4 Å². The number of nitrogens with zero attached hydrogens (tertiary/aromatic N) is 2. The molecule has 0 unspecified atom stereocenters. The standard InChI is InChI=1S/C18H15F3N4O2S/c1-10(22-23-16(26)14-4-3-9-28-14)15-11(2)24-25(17(15)27)13-7-5-12(6-8-13)18(19,20)21/h3-9,22H,1-2H3,(H,23,26)/b15-10-. The average molecular weight is 408 g/mol. The average Bonchev–Trinajstić information content (AvgIpc) is 3.27. The van der Waals surface area contributed by atoms with Gasteiger partial charge in [-0.05, 0) is 49.6 Å². The summed E-state index contributed by atoms with van der Waals surface area (Å²) in [5.41, 5.74) is 5.55. The topological polar surface area (TPSA) is 73.8 Å². The lowest BCUT2D eigenvalue weighted by Crippen LogP contribution is -2.37. The zero-order valence-electron chi connectivity index (χ0n) is 14.8. The van der Waals surface area contributed by atoms with Crippen molar-refractivity contribution in [2.75, 3.05) is 5.01 Å². The molecule has 1 aromatic carbocycles. The van der Waals surface area contributed by atoms with Crippen molar-refractivity contribution in [2.45, 2.75) is 20.0 Å². The molecule has 2 heterocycles. The highest BCUT2D eigenvalue weighted by molar-refractivity contribution is 7.12. The minimum atomic E-state index is -4.46. The molecule has 6 nitrogen and oxygen atoms in total. The van der Waals surface area contributed by atoms with Crippen molar-refractivity contribution in [3.8, 4) is 0 Å². The van der Waals surface area contributed by atoms with Gasteiger partial charge in [-0.3, -0.25) is 15.0 Å². The quantitative estimate of drug-likeness (QED) is 0.599. The molecule has 2 amide bonds. The van der Waals surface area contributed by atoms with Crippen LogP contribution in [0.4, 0.5) is 18.9 Å². The molecule has 0 bridgehead atoms. The zero-order valence-corrected chi connectivity index (χ0v) is 15.6. The van der Waals surface area contributed by atoms with Crippen molar-refractivity contribution in [1.29, 1.82) is 0 Å². The number of hydrogen-bond acceptors (Lipinski definition) is 5. The van der Waals surface area contributed by atoms with Crippen LogP contribution in [-0.2, 0) is 11.0 Å². The fraction of sp³-hybridized carbons (Fsp3) is 0.167. The summed E-state index contributed by atoms with van der Waals surface area (Å²) in [7, 11) is 0. The van der Waals surface area contributed by atoms with Crippen LogP contribution in [-0.4, -0.2) is 17.5 Å². The summed E-state index contributed by atoms with van der Waals surface area (Å²) in [6.45, 7) is 3.20. The Balaban J connectivity index is 1.76. The summed E-state index contributed by atoms with van der Waals surface area (Å²) in [5, 5.41) is 6.91. The fourth-order valence-electron chi connectivity index (χ4n) is 2.59. The van der Waals surface area contributed by atoms with Crippen molar-refractivity contribution in [1.82, 2.24) is 10.9 Å². The molecule has 10 heteroatoms. The van der Waals surface area contributed by atoms with Crippen LogP contribution in [0.2, 0.25) is 0 Å². The number of amides is 2. The first kappa shape index (κ1) is 19.6. The number of allylic oxidation sites excluding steroid dienone is 1.